The molecule has 0 amide bonds. The Hall–Kier alpha value is -2.01. The van der Waals surface area contributed by atoms with E-state index in [4.69, 9.17) is 5.11 Å². The van der Waals surface area contributed by atoms with Crippen molar-refractivity contribution in [2.24, 2.45) is 0 Å². The first-order chi connectivity index (χ1) is 8.70. The molecule has 0 aliphatic heterocycles. The Morgan fingerprint density at radius 1 is 1.22 bits per heavy atom. The molecule has 0 saturated carbocycles. The van der Waals surface area contributed by atoms with Crippen molar-refractivity contribution in [3.8, 4) is 11.3 Å². The zero-order chi connectivity index (χ0) is 13.0. The second-order valence-electron chi connectivity index (χ2n) is 3.93. The first-order valence-corrected chi connectivity index (χ1v) is 5.62. The van der Waals surface area contributed by atoms with Gasteiger partial charge in [-0.05, 0) is 24.3 Å². The van der Waals surface area contributed by atoms with E-state index in [1.807, 2.05) is 7.05 Å². The third-order valence-corrected chi connectivity index (χ3v) is 2.60. The molecule has 0 aliphatic rings. The summed E-state index contributed by atoms with van der Waals surface area (Å²) in [5, 5.41) is 16.9. The van der Waals surface area contributed by atoms with Gasteiger partial charge in [-0.3, -0.25) is 0 Å². The van der Waals surface area contributed by atoms with Gasteiger partial charge in [0.25, 0.3) is 0 Å². The van der Waals surface area contributed by atoms with E-state index in [2.05, 4.69) is 10.2 Å². The van der Waals surface area contributed by atoms with Crippen LogP contribution in [0, 0.1) is 5.82 Å². The molecule has 2 rings (SSSR count). The molecule has 2 aromatic rings. The second kappa shape index (κ2) is 5.55. The van der Waals surface area contributed by atoms with Gasteiger partial charge in [0.2, 0.25) is 0 Å². The number of aliphatic hydroxyl groups is 1. The molecule has 5 heteroatoms. The van der Waals surface area contributed by atoms with E-state index in [9.17, 15) is 4.39 Å². The van der Waals surface area contributed by atoms with Crippen molar-refractivity contribution in [1.82, 2.24) is 10.2 Å². The first-order valence-electron chi connectivity index (χ1n) is 5.62. The molecule has 0 spiro atoms. The predicted molar refractivity (Wildman–Crippen MR) is 67.8 cm³/mol. The summed E-state index contributed by atoms with van der Waals surface area (Å²) >= 11 is 0. The topological polar surface area (TPSA) is 49.2 Å². The van der Waals surface area contributed by atoms with Crippen molar-refractivity contribution < 1.29 is 9.50 Å². The number of halogens is 1. The van der Waals surface area contributed by atoms with Crippen LogP contribution in [0.2, 0.25) is 0 Å². The molecule has 0 saturated heterocycles. The van der Waals surface area contributed by atoms with Crippen LogP contribution in [0.3, 0.4) is 0 Å². The molecule has 1 aromatic heterocycles. The molecular formula is C13H14FN3O. The summed E-state index contributed by atoms with van der Waals surface area (Å²) in [6, 6.07) is 9.80. The normalized spacial score (nSPS) is 10.4. The number of aromatic nitrogens is 2. The lowest BCUT2D eigenvalue weighted by Gasteiger charge is -2.15. The van der Waals surface area contributed by atoms with Gasteiger partial charge >= 0.3 is 0 Å². The fourth-order valence-corrected chi connectivity index (χ4v) is 1.60. The largest absolute Gasteiger partial charge is 0.395 e. The number of anilines is 1. The van der Waals surface area contributed by atoms with Gasteiger partial charge in [0, 0.05) is 19.2 Å². The summed E-state index contributed by atoms with van der Waals surface area (Å²) in [5.41, 5.74) is 1.31. The smallest absolute Gasteiger partial charge is 0.151 e. The van der Waals surface area contributed by atoms with Crippen LogP contribution in [-0.4, -0.2) is 35.5 Å². The Bertz CT molecular complexity index is 516. The van der Waals surface area contributed by atoms with Crippen LogP contribution in [0.4, 0.5) is 10.2 Å². The van der Waals surface area contributed by atoms with E-state index in [0.29, 0.717) is 23.6 Å². The van der Waals surface area contributed by atoms with Gasteiger partial charge in [-0.25, -0.2) is 4.39 Å². The average molecular weight is 247 g/mol. The van der Waals surface area contributed by atoms with Gasteiger partial charge < -0.3 is 10.0 Å². The minimum absolute atomic E-state index is 0.0594. The van der Waals surface area contributed by atoms with Gasteiger partial charge in [0.05, 0.1) is 12.3 Å². The van der Waals surface area contributed by atoms with E-state index < -0.39 is 0 Å². The van der Waals surface area contributed by atoms with Gasteiger partial charge in [-0.2, -0.15) is 0 Å². The number of rotatable bonds is 4. The van der Waals surface area contributed by atoms with Crippen LogP contribution >= 0.6 is 0 Å². The molecule has 0 bridgehead atoms. The van der Waals surface area contributed by atoms with Crippen molar-refractivity contribution in [3.63, 3.8) is 0 Å². The van der Waals surface area contributed by atoms with Crippen LogP contribution in [0.25, 0.3) is 11.3 Å². The van der Waals surface area contributed by atoms with Gasteiger partial charge in [0.15, 0.2) is 5.82 Å². The molecule has 0 unspecified atom stereocenters. The van der Waals surface area contributed by atoms with Crippen molar-refractivity contribution in [3.05, 3.63) is 42.2 Å². The van der Waals surface area contributed by atoms with Crippen molar-refractivity contribution >= 4 is 5.82 Å². The van der Waals surface area contributed by atoms with Crippen molar-refractivity contribution in [2.45, 2.75) is 0 Å². The fraction of sp³-hybridized carbons (Fsp3) is 0.231. The molecule has 0 aliphatic carbocycles. The average Bonchev–Trinajstić information content (AvgIpc) is 2.39. The lowest BCUT2D eigenvalue weighted by atomic mass is 10.1. The Labute approximate surface area is 105 Å². The summed E-state index contributed by atoms with van der Waals surface area (Å²) in [7, 11) is 1.82. The molecule has 4 nitrogen and oxygen atoms in total. The zero-order valence-electron chi connectivity index (χ0n) is 10.0. The highest BCUT2D eigenvalue weighted by Gasteiger charge is 2.05. The molecule has 1 aromatic carbocycles. The monoisotopic (exact) mass is 247 g/mol. The highest BCUT2D eigenvalue weighted by atomic mass is 19.1. The maximum atomic E-state index is 13.1. The number of likely N-dealkylation sites (N-methyl/N-ethyl adjacent to an activating group) is 1. The summed E-state index contributed by atoms with van der Waals surface area (Å²) in [6.45, 7) is 0.553. The number of hydrogen-bond acceptors (Lipinski definition) is 4. The molecule has 0 atom stereocenters. The highest BCUT2D eigenvalue weighted by molar-refractivity contribution is 5.59. The Morgan fingerprint density at radius 3 is 2.67 bits per heavy atom. The van der Waals surface area contributed by atoms with Crippen molar-refractivity contribution in [2.75, 3.05) is 25.1 Å². The Kier molecular flexibility index (Phi) is 3.84. The van der Waals surface area contributed by atoms with E-state index >= 15 is 0 Å². The molecule has 94 valence electrons. The van der Waals surface area contributed by atoms with E-state index in [1.54, 1.807) is 29.2 Å². The maximum absolute atomic E-state index is 13.1. The lowest BCUT2D eigenvalue weighted by molar-refractivity contribution is 0.303. The quantitative estimate of drug-likeness (QED) is 0.893. The molecular weight excluding hydrogens is 233 g/mol. The van der Waals surface area contributed by atoms with Gasteiger partial charge in [0.1, 0.15) is 5.82 Å². The SMILES string of the molecule is CN(CCO)c1ccc(-c2cccc(F)c2)nn1. The minimum Gasteiger partial charge on any atom is -0.395 e. The lowest BCUT2D eigenvalue weighted by Crippen LogP contribution is -2.22. The summed E-state index contributed by atoms with van der Waals surface area (Å²) in [4.78, 5) is 1.79. The number of aliphatic hydroxyl groups excluding tert-OH is 1. The summed E-state index contributed by atoms with van der Waals surface area (Å²) in [5.74, 6) is 0.375. The number of hydrogen-bond donors (Lipinski definition) is 1. The molecule has 0 radical (unpaired) electrons. The van der Waals surface area contributed by atoms with E-state index in [0.717, 1.165) is 0 Å². The maximum Gasteiger partial charge on any atom is 0.151 e. The fourth-order valence-electron chi connectivity index (χ4n) is 1.60. The number of benzene rings is 1. The third-order valence-electron chi connectivity index (χ3n) is 2.60. The Morgan fingerprint density at radius 2 is 2.06 bits per heavy atom. The van der Waals surface area contributed by atoms with Crippen LogP contribution < -0.4 is 4.90 Å². The highest BCUT2D eigenvalue weighted by Crippen LogP contribution is 2.18. The Balaban J connectivity index is 2.22. The molecule has 1 heterocycles. The zero-order valence-corrected chi connectivity index (χ0v) is 10.0. The predicted octanol–water partition coefficient (Wildman–Crippen LogP) is 1.71. The third kappa shape index (κ3) is 2.81. The minimum atomic E-state index is -0.296. The second-order valence-corrected chi connectivity index (χ2v) is 3.93. The van der Waals surface area contributed by atoms with Crippen LogP contribution in [0.15, 0.2) is 36.4 Å². The number of nitrogens with zero attached hydrogens (tertiary/aromatic N) is 3. The van der Waals surface area contributed by atoms with E-state index in [1.165, 1.54) is 12.1 Å². The van der Waals surface area contributed by atoms with Crippen LogP contribution in [0.5, 0.6) is 0 Å². The van der Waals surface area contributed by atoms with Crippen LogP contribution in [0.1, 0.15) is 0 Å². The van der Waals surface area contributed by atoms with E-state index in [-0.39, 0.29) is 12.4 Å². The first kappa shape index (κ1) is 12.4. The standard InChI is InChI=1S/C13H14FN3O/c1-17(7-8-18)13-6-5-12(15-16-13)10-3-2-4-11(14)9-10/h2-6,9,18H,7-8H2,1H3. The summed E-state index contributed by atoms with van der Waals surface area (Å²) < 4.78 is 13.1. The molecule has 1 N–H and O–H groups in total. The van der Waals surface area contributed by atoms with Gasteiger partial charge in [-0.15, -0.1) is 10.2 Å². The van der Waals surface area contributed by atoms with Crippen molar-refractivity contribution in [1.29, 1.82) is 0 Å². The summed E-state index contributed by atoms with van der Waals surface area (Å²) in [6.07, 6.45) is 0. The molecule has 18 heavy (non-hydrogen) atoms. The van der Waals surface area contributed by atoms with Gasteiger partial charge in [-0.1, -0.05) is 12.1 Å². The molecule has 0 fully saturated rings. The van der Waals surface area contributed by atoms with Crippen LogP contribution in [-0.2, 0) is 0 Å².